The molecule has 3 aliphatic rings. The van der Waals surface area contributed by atoms with Crippen molar-refractivity contribution in [1.29, 1.82) is 0 Å². The van der Waals surface area contributed by atoms with Gasteiger partial charge in [-0.15, -0.1) is 0 Å². The quantitative estimate of drug-likeness (QED) is 0.790. The summed E-state index contributed by atoms with van der Waals surface area (Å²) in [4.78, 5) is 23.8. The Morgan fingerprint density at radius 2 is 2.17 bits per heavy atom. The minimum atomic E-state index is -0.885. The average molecular weight is 399 g/mol. The number of nitrogens with zero attached hydrogens (tertiary/aromatic N) is 2. The summed E-state index contributed by atoms with van der Waals surface area (Å²) in [5.41, 5.74) is 4.53. The van der Waals surface area contributed by atoms with Gasteiger partial charge >= 0.3 is 6.15 Å². The Labute approximate surface area is 172 Å². The van der Waals surface area contributed by atoms with Crippen molar-refractivity contribution in [2.75, 3.05) is 20.2 Å². The summed E-state index contributed by atoms with van der Waals surface area (Å²) in [6.45, 7) is 8.56. The molecule has 0 aromatic heterocycles. The van der Waals surface area contributed by atoms with Crippen molar-refractivity contribution in [3.05, 3.63) is 41.2 Å². The first-order valence-corrected chi connectivity index (χ1v) is 10.3. The molecule has 0 radical (unpaired) electrons. The van der Waals surface area contributed by atoms with Crippen LogP contribution in [0.15, 0.2) is 35.0 Å². The molecule has 0 amide bonds. The fourth-order valence-corrected chi connectivity index (χ4v) is 5.46. The number of hydrogen-bond acceptors (Lipinski definition) is 6. The molecular formula is C23H30N2O4. The fraction of sp³-hybridized carbons (Fsp3) is 0.565. The van der Waals surface area contributed by atoms with Crippen LogP contribution in [-0.2, 0) is 19.9 Å². The third-order valence-corrected chi connectivity index (χ3v) is 6.77. The number of benzene rings is 1. The van der Waals surface area contributed by atoms with Gasteiger partial charge in [0.1, 0.15) is 5.60 Å². The monoisotopic (exact) mass is 398 g/mol. The third kappa shape index (κ3) is 3.68. The Morgan fingerprint density at radius 1 is 1.45 bits per heavy atom. The molecule has 29 heavy (non-hydrogen) atoms. The summed E-state index contributed by atoms with van der Waals surface area (Å²) in [5, 5.41) is 11.6. The minimum absolute atomic E-state index is 0.216. The summed E-state index contributed by atoms with van der Waals surface area (Å²) >= 11 is 0. The molecule has 0 unspecified atom stereocenters. The number of aliphatic hydroxyl groups is 1. The first-order valence-electron chi connectivity index (χ1n) is 10.3. The molecule has 0 bridgehead atoms. The number of ether oxygens (including phenoxy) is 1. The first kappa shape index (κ1) is 21.4. The molecule has 2 fully saturated rings. The van der Waals surface area contributed by atoms with Gasteiger partial charge in [0.05, 0.1) is 30.8 Å². The lowest BCUT2D eigenvalue weighted by Gasteiger charge is -2.50. The van der Waals surface area contributed by atoms with E-state index in [2.05, 4.69) is 31.7 Å². The average Bonchev–Trinajstić information content (AvgIpc) is 3.02. The van der Waals surface area contributed by atoms with Crippen LogP contribution in [-0.4, -0.2) is 48.1 Å². The van der Waals surface area contributed by atoms with E-state index in [1.807, 2.05) is 18.4 Å². The molecule has 0 saturated carbocycles. The number of aryl methyl sites for hydroxylation is 1. The van der Waals surface area contributed by atoms with Crippen LogP contribution in [0.5, 0.6) is 0 Å². The number of hydrogen-bond donors (Lipinski definition) is 1. The second-order valence-corrected chi connectivity index (χ2v) is 8.28. The van der Waals surface area contributed by atoms with Gasteiger partial charge in [0, 0.05) is 18.7 Å². The van der Waals surface area contributed by atoms with Crippen LogP contribution < -0.4 is 0 Å². The van der Waals surface area contributed by atoms with Crippen LogP contribution >= 0.6 is 0 Å². The predicted octanol–water partition coefficient (Wildman–Crippen LogP) is 3.36. The van der Waals surface area contributed by atoms with Gasteiger partial charge in [-0.3, -0.25) is 9.89 Å². The van der Waals surface area contributed by atoms with E-state index in [0.717, 1.165) is 48.5 Å². The Bertz CT molecular complexity index is 856. The maximum atomic E-state index is 11.6. The summed E-state index contributed by atoms with van der Waals surface area (Å²) in [6.07, 6.45) is 5.07. The molecule has 6 heteroatoms. The van der Waals surface area contributed by atoms with E-state index in [-0.39, 0.29) is 12.2 Å². The number of carbonyl (C=O) groups excluding carboxylic acids is 2. The van der Waals surface area contributed by atoms with Crippen molar-refractivity contribution in [3.63, 3.8) is 0 Å². The van der Waals surface area contributed by atoms with Gasteiger partial charge in [0.2, 0.25) is 0 Å². The van der Waals surface area contributed by atoms with E-state index in [4.69, 9.17) is 19.3 Å². The summed E-state index contributed by atoms with van der Waals surface area (Å²) in [5.74, 6) is 1.12. The highest BCUT2D eigenvalue weighted by atomic mass is 16.5. The molecule has 1 N–H and O–H groups in total. The number of allylic oxidation sites excluding steroid dienone is 1. The smallest absolute Gasteiger partial charge is 0.373 e. The lowest BCUT2D eigenvalue weighted by Crippen LogP contribution is -2.60. The molecule has 0 spiro atoms. The number of rotatable bonds is 3. The Balaban J connectivity index is 0.000000755. The van der Waals surface area contributed by atoms with Crippen molar-refractivity contribution < 1.29 is 19.4 Å². The fourth-order valence-electron chi connectivity index (χ4n) is 5.46. The molecule has 3 heterocycles. The largest absolute Gasteiger partial charge is 0.504 e. The van der Waals surface area contributed by atoms with Crippen LogP contribution in [0.3, 0.4) is 0 Å². The molecule has 0 aliphatic carbocycles. The highest BCUT2D eigenvalue weighted by molar-refractivity contribution is 6.04. The molecule has 3 aliphatic heterocycles. The molecular weight excluding hydrogens is 368 g/mol. The number of fused-ring (bicyclic) bond motifs is 5. The molecule has 2 saturated heterocycles. The van der Waals surface area contributed by atoms with Gasteiger partial charge in [-0.05, 0) is 55.7 Å². The standard InChI is InChI=1S/C22H30N2O2.CO2/c1-5-16-12-24-10-9-22(25)20-14(2)7-6-8-18(20)23-21(22)19(24)11-17(16)15(3)13-26-4;2-1-3/h6-8,13,16-17,19,25H,5,9-12H2,1-4H3;/t16-,17-,19+,22+;/m1./s1. The van der Waals surface area contributed by atoms with Crippen molar-refractivity contribution in [2.24, 2.45) is 16.8 Å². The summed E-state index contributed by atoms with van der Waals surface area (Å²) in [6, 6.07) is 6.39. The topological polar surface area (TPSA) is 79.2 Å². The van der Waals surface area contributed by atoms with E-state index >= 15 is 0 Å². The Morgan fingerprint density at radius 3 is 2.83 bits per heavy atom. The van der Waals surface area contributed by atoms with Gasteiger partial charge in [-0.1, -0.05) is 25.5 Å². The normalized spacial score (nSPS) is 30.7. The van der Waals surface area contributed by atoms with E-state index in [1.165, 1.54) is 12.0 Å². The van der Waals surface area contributed by atoms with E-state index in [1.54, 1.807) is 7.11 Å². The predicted molar refractivity (Wildman–Crippen MR) is 110 cm³/mol. The van der Waals surface area contributed by atoms with Crippen molar-refractivity contribution in [1.82, 2.24) is 4.90 Å². The van der Waals surface area contributed by atoms with Crippen molar-refractivity contribution in [3.8, 4) is 0 Å². The number of piperidine rings is 2. The van der Waals surface area contributed by atoms with Gasteiger partial charge < -0.3 is 9.84 Å². The van der Waals surface area contributed by atoms with Gasteiger partial charge in [0.15, 0.2) is 0 Å². The lowest BCUT2D eigenvalue weighted by molar-refractivity contribution is -0.191. The van der Waals surface area contributed by atoms with Crippen LogP contribution in [0, 0.1) is 18.8 Å². The number of methoxy groups -OCH3 is 1. The second kappa shape index (κ2) is 8.62. The van der Waals surface area contributed by atoms with Crippen LogP contribution in [0.2, 0.25) is 0 Å². The summed E-state index contributed by atoms with van der Waals surface area (Å²) in [7, 11) is 1.72. The zero-order valence-corrected chi connectivity index (χ0v) is 17.6. The maximum Gasteiger partial charge on any atom is 0.373 e. The zero-order valence-electron chi connectivity index (χ0n) is 17.6. The second-order valence-electron chi connectivity index (χ2n) is 8.28. The lowest BCUT2D eigenvalue weighted by atomic mass is 9.70. The zero-order chi connectivity index (χ0) is 21.2. The molecule has 1 aromatic carbocycles. The van der Waals surface area contributed by atoms with E-state index in [9.17, 15) is 5.11 Å². The van der Waals surface area contributed by atoms with Crippen LogP contribution in [0.25, 0.3) is 0 Å². The molecule has 1 aromatic rings. The van der Waals surface area contributed by atoms with Gasteiger partial charge in [-0.2, -0.15) is 9.59 Å². The van der Waals surface area contributed by atoms with Crippen LogP contribution in [0.1, 0.15) is 44.2 Å². The van der Waals surface area contributed by atoms with Gasteiger partial charge in [-0.25, -0.2) is 0 Å². The minimum Gasteiger partial charge on any atom is -0.504 e. The maximum absolute atomic E-state index is 11.6. The van der Waals surface area contributed by atoms with Crippen molar-refractivity contribution in [2.45, 2.75) is 51.7 Å². The van der Waals surface area contributed by atoms with E-state index < -0.39 is 5.60 Å². The Kier molecular flexibility index (Phi) is 6.37. The van der Waals surface area contributed by atoms with Crippen molar-refractivity contribution >= 4 is 17.6 Å². The van der Waals surface area contributed by atoms with Crippen LogP contribution in [0.4, 0.5) is 5.69 Å². The summed E-state index contributed by atoms with van der Waals surface area (Å²) < 4.78 is 5.30. The molecule has 6 nitrogen and oxygen atoms in total. The molecule has 4 rings (SSSR count). The first-order chi connectivity index (χ1) is 13.9. The van der Waals surface area contributed by atoms with E-state index in [0.29, 0.717) is 11.8 Å². The third-order valence-electron chi connectivity index (χ3n) is 6.77. The highest BCUT2D eigenvalue weighted by Gasteiger charge is 2.52. The van der Waals surface area contributed by atoms with Gasteiger partial charge in [0.25, 0.3) is 0 Å². The number of aliphatic imine (C=N–C) groups is 1. The Hall–Kier alpha value is -2.27. The highest BCUT2D eigenvalue weighted by Crippen LogP contribution is 2.49. The SMILES string of the molecule is CC[C@@H]1CN2CC[C@@]3(O)C(=Nc4cccc(C)c43)[C@@H]2C[C@@H]1C(C)=COC.O=C=O. The molecule has 4 atom stereocenters. The molecule has 156 valence electrons.